The van der Waals surface area contributed by atoms with Crippen molar-refractivity contribution in [3.05, 3.63) is 88.4 Å². The number of hydrogen-bond acceptors (Lipinski definition) is 3. The monoisotopic (exact) mass is 468 g/mol. The van der Waals surface area contributed by atoms with E-state index >= 15 is 0 Å². The van der Waals surface area contributed by atoms with Gasteiger partial charge in [-0.05, 0) is 68.7 Å². The average Bonchev–Trinajstić information content (AvgIpc) is 3.46. The second-order valence-electron chi connectivity index (χ2n) is 9.30. The van der Waals surface area contributed by atoms with Gasteiger partial charge in [0.05, 0.1) is 6.54 Å². The van der Waals surface area contributed by atoms with Crippen molar-refractivity contribution in [1.29, 1.82) is 0 Å². The van der Waals surface area contributed by atoms with Crippen LogP contribution in [0.25, 0.3) is 16.6 Å². The number of Topliss-reactive ketones (excluding diaryl/α,β-unsaturated/α-hetero) is 1. The molecule has 1 aliphatic heterocycles. The Morgan fingerprint density at radius 3 is 2.51 bits per heavy atom. The summed E-state index contributed by atoms with van der Waals surface area (Å²) in [6.45, 7) is 7.67. The highest BCUT2D eigenvalue weighted by molar-refractivity contribution is 6.09. The Bertz CT molecular complexity index is 1490. The quantitative estimate of drug-likeness (QED) is 0.322. The number of rotatable bonds is 6. The van der Waals surface area contributed by atoms with E-state index in [1.807, 2.05) is 61.0 Å². The summed E-state index contributed by atoms with van der Waals surface area (Å²) in [5.74, 6) is -0.638. The molecule has 0 spiro atoms. The van der Waals surface area contributed by atoms with E-state index in [9.17, 15) is 14.4 Å². The first kappa shape index (κ1) is 22.7. The van der Waals surface area contributed by atoms with Crippen molar-refractivity contribution in [3.63, 3.8) is 0 Å². The standard InChI is InChI=1S/C28H28N4O3/c1-16-9-10-21(11-17(16)2)32-18(3)12-23(19(32)4)26(33)15-31-27(34)25(30-28(31)35)13-20-14-29-24-8-6-5-7-22(20)24/h5-12,14,25,29H,13,15H2,1-4H3,(H,30,35)/t25-/m1/s1. The average molecular weight is 469 g/mol. The van der Waals surface area contributed by atoms with Gasteiger partial charge in [0.2, 0.25) is 0 Å². The number of aromatic nitrogens is 2. The number of imide groups is 1. The molecular weight excluding hydrogens is 440 g/mol. The van der Waals surface area contributed by atoms with Gasteiger partial charge in [-0.25, -0.2) is 4.79 Å². The van der Waals surface area contributed by atoms with Gasteiger partial charge >= 0.3 is 6.03 Å². The van der Waals surface area contributed by atoms with E-state index in [4.69, 9.17) is 0 Å². The number of hydrogen-bond donors (Lipinski definition) is 2. The summed E-state index contributed by atoms with van der Waals surface area (Å²) >= 11 is 0. The maximum absolute atomic E-state index is 13.2. The molecule has 3 heterocycles. The molecule has 0 aliphatic carbocycles. The topological polar surface area (TPSA) is 87.2 Å². The first-order valence-corrected chi connectivity index (χ1v) is 11.7. The summed E-state index contributed by atoms with van der Waals surface area (Å²) in [5.41, 5.74) is 7.51. The molecule has 4 aromatic rings. The number of urea groups is 1. The molecule has 5 rings (SSSR count). The number of ketones is 1. The molecule has 0 saturated carbocycles. The molecule has 1 saturated heterocycles. The molecule has 1 fully saturated rings. The summed E-state index contributed by atoms with van der Waals surface area (Å²) < 4.78 is 2.03. The lowest BCUT2D eigenvalue weighted by Gasteiger charge is -2.14. The third-order valence-corrected chi connectivity index (χ3v) is 6.99. The molecular formula is C28H28N4O3. The van der Waals surface area contributed by atoms with Crippen LogP contribution in [0.2, 0.25) is 0 Å². The highest BCUT2D eigenvalue weighted by Gasteiger charge is 2.39. The van der Waals surface area contributed by atoms with Crippen LogP contribution in [-0.4, -0.2) is 44.8 Å². The van der Waals surface area contributed by atoms with Crippen LogP contribution in [-0.2, 0) is 11.2 Å². The minimum Gasteiger partial charge on any atom is -0.361 e. The minimum atomic E-state index is -0.697. The molecule has 0 radical (unpaired) electrons. The Labute approximate surface area is 203 Å². The summed E-state index contributed by atoms with van der Waals surface area (Å²) in [5, 5.41) is 3.76. The van der Waals surface area contributed by atoms with Crippen LogP contribution in [0.4, 0.5) is 4.79 Å². The van der Waals surface area contributed by atoms with Crippen molar-refractivity contribution < 1.29 is 14.4 Å². The fraction of sp³-hybridized carbons (Fsp3) is 0.250. The van der Waals surface area contributed by atoms with Gasteiger partial charge in [0.15, 0.2) is 5.78 Å². The lowest BCUT2D eigenvalue weighted by Crippen LogP contribution is -2.36. The van der Waals surface area contributed by atoms with Gasteiger partial charge in [-0.2, -0.15) is 0 Å². The Morgan fingerprint density at radius 1 is 0.971 bits per heavy atom. The molecule has 3 amide bonds. The highest BCUT2D eigenvalue weighted by Crippen LogP contribution is 2.25. The van der Waals surface area contributed by atoms with Gasteiger partial charge in [-0.15, -0.1) is 0 Å². The second kappa shape index (κ2) is 8.58. The SMILES string of the molecule is Cc1ccc(-n2c(C)cc(C(=O)CN3C(=O)N[C@H](Cc4c[nH]c5ccccc45)C3=O)c2C)cc1C. The van der Waals surface area contributed by atoms with Crippen LogP contribution < -0.4 is 5.32 Å². The van der Waals surface area contributed by atoms with E-state index in [2.05, 4.69) is 36.3 Å². The molecule has 35 heavy (non-hydrogen) atoms. The first-order chi connectivity index (χ1) is 16.7. The van der Waals surface area contributed by atoms with E-state index in [0.717, 1.165) is 38.4 Å². The number of carbonyl (C=O) groups is 3. The smallest absolute Gasteiger partial charge is 0.325 e. The van der Waals surface area contributed by atoms with Crippen LogP contribution >= 0.6 is 0 Å². The van der Waals surface area contributed by atoms with Crippen LogP contribution in [0, 0.1) is 27.7 Å². The lowest BCUT2D eigenvalue weighted by molar-refractivity contribution is -0.127. The summed E-state index contributed by atoms with van der Waals surface area (Å²) in [6, 6.07) is 14.6. The molecule has 2 aromatic heterocycles. The number of aryl methyl sites for hydroxylation is 3. The van der Waals surface area contributed by atoms with Gasteiger partial charge in [-0.1, -0.05) is 24.3 Å². The Hall–Kier alpha value is -4.13. The van der Waals surface area contributed by atoms with Gasteiger partial charge < -0.3 is 14.9 Å². The van der Waals surface area contributed by atoms with Crippen LogP contribution in [0.3, 0.4) is 0 Å². The summed E-state index contributed by atoms with van der Waals surface area (Å²) in [6.07, 6.45) is 2.22. The Morgan fingerprint density at radius 2 is 1.74 bits per heavy atom. The molecule has 178 valence electrons. The zero-order valence-corrected chi connectivity index (χ0v) is 20.3. The van der Waals surface area contributed by atoms with Crippen molar-refractivity contribution in [2.24, 2.45) is 0 Å². The number of nitrogens with one attached hydrogen (secondary N) is 2. The number of fused-ring (bicyclic) bond motifs is 1. The zero-order chi connectivity index (χ0) is 24.9. The lowest BCUT2D eigenvalue weighted by atomic mass is 10.0. The predicted octanol–water partition coefficient (Wildman–Crippen LogP) is 4.54. The summed E-state index contributed by atoms with van der Waals surface area (Å²) in [4.78, 5) is 43.2. The fourth-order valence-electron chi connectivity index (χ4n) is 4.92. The molecule has 0 unspecified atom stereocenters. The number of para-hydroxylation sites is 1. The van der Waals surface area contributed by atoms with Crippen molar-refractivity contribution in [3.8, 4) is 5.69 Å². The van der Waals surface area contributed by atoms with Gasteiger partial charge in [0.25, 0.3) is 5.91 Å². The largest absolute Gasteiger partial charge is 0.361 e. The van der Waals surface area contributed by atoms with Crippen LogP contribution in [0.1, 0.15) is 38.4 Å². The van der Waals surface area contributed by atoms with Crippen molar-refractivity contribution in [2.45, 2.75) is 40.2 Å². The minimum absolute atomic E-state index is 0.260. The highest BCUT2D eigenvalue weighted by atomic mass is 16.2. The Balaban J connectivity index is 1.35. The molecule has 0 bridgehead atoms. The maximum Gasteiger partial charge on any atom is 0.325 e. The number of benzene rings is 2. The van der Waals surface area contributed by atoms with Crippen molar-refractivity contribution >= 4 is 28.6 Å². The van der Waals surface area contributed by atoms with E-state index < -0.39 is 12.1 Å². The van der Waals surface area contributed by atoms with Crippen LogP contribution in [0.5, 0.6) is 0 Å². The number of amides is 3. The van der Waals surface area contributed by atoms with E-state index in [0.29, 0.717) is 12.0 Å². The molecule has 7 nitrogen and oxygen atoms in total. The molecule has 2 N–H and O–H groups in total. The molecule has 2 aromatic carbocycles. The number of nitrogens with zero attached hydrogens (tertiary/aromatic N) is 2. The number of aromatic amines is 1. The Kier molecular flexibility index (Phi) is 5.55. The van der Waals surface area contributed by atoms with Gasteiger partial charge in [-0.3, -0.25) is 14.5 Å². The van der Waals surface area contributed by atoms with Gasteiger partial charge in [0.1, 0.15) is 6.04 Å². The van der Waals surface area contributed by atoms with E-state index in [-0.39, 0.29) is 18.2 Å². The van der Waals surface area contributed by atoms with Crippen LogP contribution in [0.15, 0.2) is 54.7 Å². The molecule has 7 heteroatoms. The third-order valence-electron chi connectivity index (χ3n) is 6.99. The van der Waals surface area contributed by atoms with E-state index in [1.165, 1.54) is 11.1 Å². The normalized spacial score (nSPS) is 15.8. The van der Waals surface area contributed by atoms with Gasteiger partial charge in [0, 0.05) is 46.2 Å². The number of carbonyl (C=O) groups excluding carboxylic acids is 3. The summed E-state index contributed by atoms with van der Waals surface area (Å²) in [7, 11) is 0. The molecule has 1 atom stereocenters. The third kappa shape index (κ3) is 3.93. The number of H-pyrrole nitrogens is 1. The molecule has 1 aliphatic rings. The maximum atomic E-state index is 13.2. The second-order valence-corrected chi connectivity index (χ2v) is 9.30. The first-order valence-electron chi connectivity index (χ1n) is 11.7. The van der Waals surface area contributed by atoms with Crippen molar-refractivity contribution in [1.82, 2.24) is 19.8 Å². The fourth-order valence-corrected chi connectivity index (χ4v) is 4.92. The van der Waals surface area contributed by atoms with E-state index in [1.54, 1.807) is 0 Å². The predicted molar refractivity (Wildman–Crippen MR) is 135 cm³/mol. The van der Waals surface area contributed by atoms with Crippen molar-refractivity contribution in [2.75, 3.05) is 6.54 Å². The zero-order valence-electron chi connectivity index (χ0n) is 20.3.